The number of alkyl carbamates (subject to hydrolysis) is 1. The lowest BCUT2D eigenvalue weighted by atomic mass is 9.95. The molecule has 0 heterocycles. The highest BCUT2D eigenvalue weighted by Crippen LogP contribution is 2.41. The van der Waals surface area contributed by atoms with Gasteiger partial charge in [-0.25, -0.2) is 4.79 Å². The van der Waals surface area contributed by atoms with E-state index in [1.54, 1.807) is 37.4 Å². The zero-order valence-electron chi connectivity index (χ0n) is 24.2. The largest absolute Gasteiger partial charge is 0.444 e. The van der Waals surface area contributed by atoms with E-state index in [-0.39, 0.29) is 23.8 Å². The number of amides is 3. The van der Waals surface area contributed by atoms with E-state index in [1.165, 1.54) is 0 Å². The second kappa shape index (κ2) is 13.4. The first-order valence-corrected chi connectivity index (χ1v) is 15.0. The number of carbonyl (C=O) groups is 3. The molecule has 0 bridgehead atoms. The molecule has 0 saturated heterocycles. The third-order valence-electron chi connectivity index (χ3n) is 6.84. The number of nitrogens with zero attached hydrogens (tertiary/aromatic N) is 1. The van der Waals surface area contributed by atoms with Crippen LogP contribution in [-0.2, 0) is 20.9 Å². The zero-order valence-corrected chi connectivity index (χ0v) is 25.1. The zero-order chi connectivity index (χ0) is 28.7. The summed E-state index contributed by atoms with van der Waals surface area (Å²) in [5.74, 6) is 0.436. The number of hydrogen-bond acceptors (Lipinski definition) is 5. The number of hydrogen-bond donors (Lipinski definition) is 2. The Morgan fingerprint density at radius 3 is 2.36 bits per heavy atom. The van der Waals surface area contributed by atoms with E-state index in [2.05, 4.69) is 17.6 Å². The fourth-order valence-corrected chi connectivity index (χ4v) is 5.12. The summed E-state index contributed by atoms with van der Waals surface area (Å²) in [4.78, 5) is 42.8. The van der Waals surface area contributed by atoms with Crippen LogP contribution >= 0.6 is 11.8 Å². The van der Waals surface area contributed by atoms with Crippen molar-refractivity contribution in [3.8, 4) is 0 Å². The number of carbonyl (C=O) groups excluding carboxylic acids is 3. The van der Waals surface area contributed by atoms with Crippen molar-refractivity contribution < 1.29 is 19.1 Å². The Kier molecular flexibility index (Phi) is 10.5. The van der Waals surface area contributed by atoms with Gasteiger partial charge in [0.05, 0.1) is 0 Å². The Morgan fingerprint density at radius 1 is 1.10 bits per heavy atom. The highest BCUT2D eigenvalue weighted by atomic mass is 32.2. The lowest BCUT2D eigenvalue weighted by Crippen LogP contribution is -2.54. The third kappa shape index (κ3) is 8.75. The summed E-state index contributed by atoms with van der Waals surface area (Å²) in [6, 6.07) is 14.0. The lowest BCUT2D eigenvalue weighted by molar-refractivity contribution is -0.143. The van der Waals surface area contributed by atoms with Gasteiger partial charge < -0.3 is 20.3 Å². The molecule has 7 nitrogen and oxygen atoms in total. The lowest BCUT2D eigenvalue weighted by Gasteiger charge is -2.36. The minimum atomic E-state index is -0.826. The van der Waals surface area contributed by atoms with Crippen LogP contribution in [0.25, 0.3) is 0 Å². The molecule has 1 aliphatic carbocycles. The molecule has 3 amide bonds. The molecule has 2 N–H and O–H groups in total. The number of rotatable bonds is 11. The van der Waals surface area contributed by atoms with Gasteiger partial charge in [0.15, 0.2) is 0 Å². The fraction of sp³-hybridized carbons (Fsp3) is 0.516. The Bertz CT molecular complexity index is 1150. The maximum absolute atomic E-state index is 14.3. The van der Waals surface area contributed by atoms with Gasteiger partial charge in [-0.1, -0.05) is 61.0 Å². The summed E-state index contributed by atoms with van der Waals surface area (Å²) in [7, 11) is 0. The molecule has 212 valence electrons. The minimum absolute atomic E-state index is 0.0953. The summed E-state index contributed by atoms with van der Waals surface area (Å²) in [5, 5.41) is 5.90. The van der Waals surface area contributed by atoms with Crippen molar-refractivity contribution in [2.45, 2.75) is 84.7 Å². The molecular weight excluding hydrogens is 510 g/mol. The van der Waals surface area contributed by atoms with Crippen molar-refractivity contribution in [1.82, 2.24) is 15.5 Å². The highest BCUT2D eigenvalue weighted by molar-refractivity contribution is 7.98. The molecule has 1 aliphatic rings. The van der Waals surface area contributed by atoms with Gasteiger partial charge in [0.1, 0.15) is 17.7 Å². The number of nitrogens with one attached hydrogen (secondary N) is 2. The monoisotopic (exact) mass is 553 g/mol. The SMILES string of the molecule is CSCCC(NC(=O)OC(C)(C)C)C(=O)N(C(C(=O)NCc1ccccc1)c1cc(C)ccc1C)C1CC1C. The van der Waals surface area contributed by atoms with Crippen LogP contribution < -0.4 is 10.6 Å². The summed E-state index contributed by atoms with van der Waals surface area (Å²) >= 11 is 1.60. The van der Waals surface area contributed by atoms with Gasteiger partial charge in [-0.15, -0.1) is 0 Å². The van der Waals surface area contributed by atoms with E-state index >= 15 is 0 Å². The van der Waals surface area contributed by atoms with E-state index in [0.29, 0.717) is 18.7 Å². The molecular formula is C31H43N3O4S. The molecule has 0 aromatic heterocycles. The Hall–Kier alpha value is -3.00. The van der Waals surface area contributed by atoms with Crippen molar-refractivity contribution in [3.05, 3.63) is 70.8 Å². The molecule has 2 aromatic carbocycles. The Balaban J connectivity index is 2.00. The van der Waals surface area contributed by atoms with Crippen LogP contribution in [0.15, 0.2) is 48.5 Å². The predicted molar refractivity (Wildman–Crippen MR) is 158 cm³/mol. The first-order valence-electron chi connectivity index (χ1n) is 13.6. The van der Waals surface area contributed by atoms with Gasteiger partial charge in [0.25, 0.3) is 0 Å². The molecule has 2 aromatic rings. The van der Waals surface area contributed by atoms with Crippen LogP contribution in [0.1, 0.15) is 68.8 Å². The molecule has 1 saturated carbocycles. The van der Waals surface area contributed by atoms with Crippen LogP contribution in [0.4, 0.5) is 4.79 Å². The molecule has 4 atom stereocenters. The van der Waals surface area contributed by atoms with E-state index < -0.39 is 23.8 Å². The average Bonchev–Trinajstić information content (AvgIpc) is 3.59. The van der Waals surface area contributed by atoms with Gasteiger partial charge >= 0.3 is 6.09 Å². The van der Waals surface area contributed by atoms with Crippen molar-refractivity contribution in [2.24, 2.45) is 5.92 Å². The van der Waals surface area contributed by atoms with Gasteiger partial charge in [-0.05, 0) is 82.1 Å². The van der Waals surface area contributed by atoms with Crippen LogP contribution in [0.2, 0.25) is 0 Å². The second-order valence-corrected chi connectivity index (χ2v) is 12.5. The number of aryl methyl sites for hydroxylation is 2. The second-order valence-electron chi connectivity index (χ2n) is 11.5. The van der Waals surface area contributed by atoms with Crippen LogP contribution in [0, 0.1) is 19.8 Å². The summed E-state index contributed by atoms with van der Waals surface area (Å²) < 4.78 is 5.48. The van der Waals surface area contributed by atoms with Crippen LogP contribution in [0.3, 0.4) is 0 Å². The topological polar surface area (TPSA) is 87.7 Å². The molecule has 39 heavy (non-hydrogen) atoms. The van der Waals surface area contributed by atoms with E-state index in [0.717, 1.165) is 28.7 Å². The van der Waals surface area contributed by atoms with Crippen molar-refractivity contribution in [1.29, 1.82) is 0 Å². The molecule has 1 fully saturated rings. The Labute approximate surface area is 237 Å². The smallest absolute Gasteiger partial charge is 0.408 e. The van der Waals surface area contributed by atoms with E-state index in [1.807, 2.05) is 68.6 Å². The van der Waals surface area contributed by atoms with Crippen molar-refractivity contribution in [2.75, 3.05) is 12.0 Å². The summed E-state index contributed by atoms with van der Waals surface area (Å²) in [6.07, 6.45) is 2.57. The van der Waals surface area contributed by atoms with Gasteiger partial charge in [0.2, 0.25) is 11.8 Å². The first-order chi connectivity index (χ1) is 18.4. The molecule has 0 radical (unpaired) electrons. The van der Waals surface area contributed by atoms with Crippen molar-refractivity contribution in [3.63, 3.8) is 0 Å². The van der Waals surface area contributed by atoms with Gasteiger partial charge in [0, 0.05) is 12.6 Å². The maximum Gasteiger partial charge on any atom is 0.408 e. The van der Waals surface area contributed by atoms with Gasteiger partial charge in [-0.2, -0.15) is 11.8 Å². The molecule has 0 spiro atoms. The number of ether oxygens (including phenoxy) is 1. The molecule has 8 heteroatoms. The number of thioether (sulfide) groups is 1. The quantitative estimate of drug-likeness (QED) is 0.381. The fourth-order valence-electron chi connectivity index (χ4n) is 4.65. The molecule has 3 rings (SSSR count). The molecule has 4 unspecified atom stereocenters. The van der Waals surface area contributed by atoms with Crippen molar-refractivity contribution >= 4 is 29.7 Å². The highest BCUT2D eigenvalue weighted by Gasteiger charge is 2.48. The number of benzene rings is 2. The van der Waals surface area contributed by atoms with E-state index in [4.69, 9.17) is 4.74 Å². The van der Waals surface area contributed by atoms with Crippen LogP contribution in [-0.4, -0.2) is 52.5 Å². The maximum atomic E-state index is 14.3. The predicted octanol–water partition coefficient (Wildman–Crippen LogP) is 5.54. The first kappa shape index (κ1) is 30.5. The summed E-state index contributed by atoms with van der Waals surface area (Å²) in [6.45, 7) is 11.8. The van der Waals surface area contributed by atoms with Gasteiger partial charge in [-0.3, -0.25) is 9.59 Å². The standard InChI is InChI=1S/C31H43N3O4S/c1-20-13-14-21(2)24(17-20)27(28(35)32-19-23-11-9-8-10-12-23)34(26-18-22(26)3)29(36)25(15-16-39-7)33-30(37)38-31(4,5)6/h8-14,17,22,25-27H,15-16,18-19H2,1-7H3,(H,32,35)(H,33,37). The minimum Gasteiger partial charge on any atom is -0.444 e. The third-order valence-corrected chi connectivity index (χ3v) is 7.49. The Morgan fingerprint density at radius 2 is 1.77 bits per heavy atom. The normalized spacial score (nSPS) is 18.0. The molecule has 0 aliphatic heterocycles. The summed E-state index contributed by atoms with van der Waals surface area (Å²) in [5.41, 5.74) is 3.04. The van der Waals surface area contributed by atoms with Crippen LogP contribution in [0.5, 0.6) is 0 Å². The average molecular weight is 554 g/mol. The van der Waals surface area contributed by atoms with E-state index in [9.17, 15) is 14.4 Å².